The van der Waals surface area contributed by atoms with Crippen molar-refractivity contribution in [3.63, 3.8) is 0 Å². The van der Waals surface area contributed by atoms with Crippen molar-refractivity contribution >= 4 is 23.4 Å². The first-order chi connectivity index (χ1) is 11.9. The van der Waals surface area contributed by atoms with Crippen molar-refractivity contribution < 1.29 is 14.4 Å². The molecule has 1 heterocycles. The van der Waals surface area contributed by atoms with Crippen molar-refractivity contribution in [2.45, 2.75) is 40.0 Å². The highest BCUT2D eigenvalue weighted by Crippen LogP contribution is 2.35. The van der Waals surface area contributed by atoms with Crippen molar-refractivity contribution in [2.75, 3.05) is 11.9 Å². The number of imide groups is 1. The Bertz CT molecular complexity index is 717. The van der Waals surface area contributed by atoms with Gasteiger partial charge in [-0.1, -0.05) is 29.8 Å². The van der Waals surface area contributed by atoms with Crippen LogP contribution in [-0.4, -0.2) is 29.2 Å². The molecule has 0 radical (unpaired) electrons. The summed E-state index contributed by atoms with van der Waals surface area (Å²) in [6.07, 6.45) is 5.30. The van der Waals surface area contributed by atoms with Crippen LogP contribution in [0.25, 0.3) is 0 Å². The summed E-state index contributed by atoms with van der Waals surface area (Å²) in [6, 6.07) is 4.04. The summed E-state index contributed by atoms with van der Waals surface area (Å²) in [5.74, 6) is -0.905. The fourth-order valence-electron chi connectivity index (χ4n) is 3.88. The highest BCUT2D eigenvalue weighted by Gasteiger charge is 2.46. The predicted molar refractivity (Wildman–Crippen MR) is 96.0 cm³/mol. The van der Waals surface area contributed by atoms with Crippen LogP contribution in [0.5, 0.6) is 0 Å². The highest BCUT2D eigenvalue weighted by molar-refractivity contribution is 6.06. The lowest BCUT2D eigenvalue weighted by Crippen LogP contribution is -2.34. The average Bonchev–Trinajstić information content (AvgIpc) is 2.81. The van der Waals surface area contributed by atoms with Gasteiger partial charge in [-0.25, -0.2) is 0 Å². The zero-order valence-electron chi connectivity index (χ0n) is 15.0. The van der Waals surface area contributed by atoms with Gasteiger partial charge in [-0.05, 0) is 44.7 Å². The van der Waals surface area contributed by atoms with E-state index in [1.807, 2.05) is 45.1 Å². The number of hydrogen-bond donors (Lipinski definition) is 1. The van der Waals surface area contributed by atoms with Gasteiger partial charge < -0.3 is 5.32 Å². The summed E-state index contributed by atoms with van der Waals surface area (Å²) in [6.45, 7) is 6.09. The Balaban J connectivity index is 1.62. The van der Waals surface area contributed by atoms with Crippen molar-refractivity contribution in [1.29, 1.82) is 0 Å². The van der Waals surface area contributed by atoms with E-state index >= 15 is 0 Å². The van der Waals surface area contributed by atoms with Crippen LogP contribution in [0.15, 0.2) is 24.3 Å². The number of anilines is 1. The molecule has 132 valence electrons. The Morgan fingerprint density at radius 3 is 2.08 bits per heavy atom. The number of benzene rings is 1. The minimum atomic E-state index is -0.234. The molecule has 1 fully saturated rings. The summed E-state index contributed by atoms with van der Waals surface area (Å²) in [4.78, 5) is 38.4. The summed E-state index contributed by atoms with van der Waals surface area (Å²) >= 11 is 0. The van der Waals surface area contributed by atoms with Crippen molar-refractivity contribution in [2.24, 2.45) is 11.8 Å². The van der Waals surface area contributed by atoms with E-state index in [1.54, 1.807) is 0 Å². The monoisotopic (exact) mass is 340 g/mol. The zero-order chi connectivity index (χ0) is 18.1. The number of fused-ring (bicyclic) bond motifs is 1. The molecule has 1 saturated heterocycles. The third kappa shape index (κ3) is 3.36. The lowest BCUT2D eigenvalue weighted by Gasteiger charge is -2.16. The zero-order valence-corrected chi connectivity index (χ0v) is 15.0. The van der Waals surface area contributed by atoms with Crippen molar-refractivity contribution in [3.8, 4) is 0 Å². The van der Waals surface area contributed by atoms with Crippen LogP contribution >= 0.6 is 0 Å². The van der Waals surface area contributed by atoms with E-state index in [0.29, 0.717) is 12.8 Å². The van der Waals surface area contributed by atoms with Crippen LogP contribution in [-0.2, 0) is 14.4 Å². The molecule has 25 heavy (non-hydrogen) atoms. The summed E-state index contributed by atoms with van der Waals surface area (Å²) in [5, 5.41) is 2.92. The first-order valence-corrected chi connectivity index (χ1v) is 8.76. The molecule has 3 amide bonds. The Morgan fingerprint density at radius 2 is 1.56 bits per heavy atom. The first-order valence-electron chi connectivity index (χ1n) is 8.76. The fourth-order valence-corrected chi connectivity index (χ4v) is 3.88. The second kappa shape index (κ2) is 6.82. The van der Waals surface area contributed by atoms with Gasteiger partial charge in [0, 0.05) is 18.7 Å². The summed E-state index contributed by atoms with van der Waals surface area (Å²) in [5.41, 5.74) is 3.98. The lowest BCUT2D eigenvalue weighted by molar-refractivity contribution is -0.140. The number of carbonyl (C=O) groups excluding carboxylic acids is 3. The van der Waals surface area contributed by atoms with E-state index < -0.39 is 0 Å². The molecule has 0 unspecified atom stereocenters. The number of amides is 3. The van der Waals surface area contributed by atoms with Gasteiger partial charge in [-0.15, -0.1) is 0 Å². The Hall–Kier alpha value is -2.43. The molecule has 3 rings (SSSR count). The van der Waals surface area contributed by atoms with Crippen LogP contribution in [0.1, 0.15) is 36.0 Å². The third-order valence-corrected chi connectivity index (χ3v) is 5.10. The van der Waals surface area contributed by atoms with Crippen molar-refractivity contribution in [3.05, 3.63) is 41.0 Å². The van der Waals surface area contributed by atoms with Gasteiger partial charge in [0.1, 0.15) is 0 Å². The molecule has 0 spiro atoms. The number of carbonyl (C=O) groups is 3. The second-order valence-electron chi connectivity index (χ2n) is 7.06. The maximum absolute atomic E-state index is 12.4. The van der Waals surface area contributed by atoms with Crippen LogP contribution in [0.2, 0.25) is 0 Å². The Kier molecular flexibility index (Phi) is 4.75. The fraction of sp³-hybridized carbons (Fsp3) is 0.450. The molecule has 0 aromatic heterocycles. The molecule has 5 nitrogen and oxygen atoms in total. The Labute approximate surface area is 148 Å². The van der Waals surface area contributed by atoms with Gasteiger partial charge in [0.25, 0.3) is 0 Å². The maximum atomic E-state index is 12.4. The molecule has 5 heteroatoms. The number of nitrogens with zero attached hydrogens (tertiary/aromatic N) is 1. The third-order valence-electron chi connectivity index (χ3n) is 5.10. The van der Waals surface area contributed by atoms with Gasteiger partial charge in [-0.2, -0.15) is 0 Å². The molecule has 0 saturated carbocycles. The molecular formula is C20H24N2O3. The smallest absolute Gasteiger partial charge is 0.233 e. The van der Waals surface area contributed by atoms with Gasteiger partial charge in [0.15, 0.2) is 0 Å². The van der Waals surface area contributed by atoms with Gasteiger partial charge in [-0.3, -0.25) is 19.3 Å². The Morgan fingerprint density at radius 1 is 1.04 bits per heavy atom. The molecule has 1 N–H and O–H groups in total. The molecular weight excluding hydrogens is 316 g/mol. The van der Waals surface area contributed by atoms with E-state index in [-0.39, 0.29) is 42.5 Å². The van der Waals surface area contributed by atoms with Gasteiger partial charge in [0.2, 0.25) is 17.7 Å². The lowest BCUT2D eigenvalue weighted by atomic mass is 9.85. The van der Waals surface area contributed by atoms with Crippen LogP contribution in [0, 0.1) is 32.6 Å². The largest absolute Gasteiger partial charge is 0.326 e. The predicted octanol–water partition coefficient (Wildman–Crippen LogP) is 2.89. The molecule has 1 aliphatic carbocycles. The van der Waals surface area contributed by atoms with E-state index in [9.17, 15) is 14.4 Å². The number of allylic oxidation sites excluding steroid dienone is 2. The number of hydrogen-bond acceptors (Lipinski definition) is 3. The van der Waals surface area contributed by atoms with Gasteiger partial charge in [0.05, 0.1) is 11.8 Å². The minimum absolute atomic E-state index is 0.122. The average molecular weight is 340 g/mol. The summed E-state index contributed by atoms with van der Waals surface area (Å²) in [7, 11) is 0. The van der Waals surface area contributed by atoms with Crippen molar-refractivity contribution in [1.82, 2.24) is 4.90 Å². The van der Waals surface area contributed by atoms with Crippen LogP contribution < -0.4 is 5.32 Å². The number of likely N-dealkylation sites (tertiary alicyclic amines) is 1. The van der Waals surface area contributed by atoms with E-state index in [4.69, 9.17) is 0 Å². The molecule has 2 aliphatic rings. The SMILES string of the molecule is Cc1cc(C)c(NC(=O)CCN2C(=O)[C@@H]3CC=CC[C@H]3C2=O)c(C)c1. The minimum Gasteiger partial charge on any atom is -0.326 e. The standard InChI is InChI=1S/C20H24N2O3/c1-12-10-13(2)18(14(3)11-12)21-17(23)8-9-22-19(24)15-6-4-5-7-16(15)20(22)25/h4-5,10-11,15-16H,6-9H2,1-3H3,(H,21,23)/t15-,16-/m1/s1. The van der Waals surface area contributed by atoms with Gasteiger partial charge >= 0.3 is 0 Å². The maximum Gasteiger partial charge on any atom is 0.233 e. The van der Waals surface area contributed by atoms with E-state index in [1.165, 1.54) is 4.90 Å². The molecule has 0 bridgehead atoms. The van der Waals surface area contributed by atoms with Crippen LogP contribution in [0.3, 0.4) is 0 Å². The molecule has 1 aromatic carbocycles. The number of rotatable bonds is 4. The highest BCUT2D eigenvalue weighted by atomic mass is 16.2. The topological polar surface area (TPSA) is 66.5 Å². The van der Waals surface area contributed by atoms with E-state index in [2.05, 4.69) is 5.32 Å². The number of aryl methyl sites for hydroxylation is 3. The molecule has 2 atom stereocenters. The number of nitrogens with one attached hydrogen (secondary N) is 1. The molecule has 1 aromatic rings. The first kappa shape index (κ1) is 17.4. The quantitative estimate of drug-likeness (QED) is 0.677. The molecule has 1 aliphatic heterocycles. The van der Waals surface area contributed by atoms with Crippen LogP contribution in [0.4, 0.5) is 5.69 Å². The summed E-state index contributed by atoms with van der Waals surface area (Å²) < 4.78 is 0. The normalized spacial score (nSPS) is 22.3. The van der Waals surface area contributed by atoms with E-state index in [0.717, 1.165) is 22.4 Å². The second-order valence-corrected chi connectivity index (χ2v) is 7.06.